The lowest BCUT2D eigenvalue weighted by molar-refractivity contribution is 0.0708. The highest BCUT2D eigenvalue weighted by atomic mass is 16.2. The van der Waals surface area contributed by atoms with E-state index in [1.165, 1.54) is 6.20 Å². The first-order valence-corrected chi connectivity index (χ1v) is 9.05. The van der Waals surface area contributed by atoms with Crippen LogP contribution in [0.2, 0.25) is 0 Å². The van der Waals surface area contributed by atoms with Gasteiger partial charge in [-0.05, 0) is 46.0 Å². The van der Waals surface area contributed by atoms with E-state index in [0.717, 1.165) is 37.6 Å². The molecule has 0 spiro atoms. The Morgan fingerprint density at radius 3 is 2.65 bits per heavy atom. The van der Waals surface area contributed by atoms with Crippen molar-refractivity contribution >= 4 is 5.91 Å². The number of H-pyrrole nitrogens is 1. The average molecular weight is 358 g/mol. The summed E-state index contributed by atoms with van der Waals surface area (Å²) >= 11 is 0. The first-order valence-electron chi connectivity index (χ1n) is 9.05. The van der Waals surface area contributed by atoms with Crippen LogP contribution in [0.25, 0.3) is 0 Å². The molecule has 1 fully saturated rings. The minimum Gasteiger partial charge on any atom is -0.338 e. The van der Waals surface area contributed by atoms with Crippen LogP contribution in [0, 0.1) is 0 Å². The average Bonchev–Trinajstić information content (AvgIpc) is 3.03. The van der Waals surface area contributed by atoms with Crippen molar-refractivity contribution in [3.63, 3.8) is 0 Å². The van der Waals surface area contributed by atoms with Crippen LogP contribution in [0.3, 0.4) is 0 Å². The van der Waals surface area contributed by atoms with Crippen molar-refractivity contribution < 1.29 is 4.79 Å². The quantitative estimate of drug-likeness (QED) is 0.864. The zero-order chi connectivity index (χ0) is 18.7. The second kappa shape index (κ2) is 7.82. The fraction of sp³-hybridized carbons (Fsp3) is 0.556. The highest BCUT2D eigenvalue weighted by Crippen LogP contribution is 2.28. The van der Waals surface area contributed by atoms with Crippen LogP contribution in [-0.2, 0) is 13.1 Å². The smallest absolute Gasteiger partial charge is 0.260 e. The number of nitrogens with zero attached hydrogens (tertiary/aromatic N) is 5. The molecule has 2 aromatic heterocycles. The molecule has 1 aliphatic rings. The Bertz CT molecular complexity index is 817. The van der Waals surface area contributed by atoms with Gasteiger partial charge in [0.25, 0.3) is 11.5 Å². The van der Waals surface area contributed by atoms with E-state index in [1.54, 1.807) is 17.0 Å². The van der Waals surface area contributed by atoms with E-state index >= 15 is 0 Å². The van der Waals surface area contributed by atoms with Gasteiger partial charge in [0, 0.05) is 31.7 Å². The molecule has 2 aromatic rings. The molecule has 1 saturated heterocycles. The van der Waals surface area contributed by atoms with Crippen molar-refractivity contribution in [2.75, 3.05) is 27.2 Å². The van der Waals surface area contributed by atoms with Gasteiger partial charge in [0.15, 0.2) is 0 Å². The minimum atomic E-state index is -0.335. The number of carbonyl (C=O) groups excluding carboxylic acids is 1. The molecule has 1 aliphatic heterocycles. The van der Waals surface area contributed by atoms with Gasteiger partial charge in [0.2, 0.25) is 0 Å². The minimum absolute atomic E-state index is 0.199. The molecule has 0 atom stereocenters. The molecule has 0 aliphatic carbocycles. The van der Waals surface area contributed by atoms with Gasteiger partial charge >= 0.3 is 0 Å². The van der Waals surface area contributed by atoms with E-state index in [-0.39, 0.29) is 22.9 Å². The van der Waals surface area contributed by atoms with Crippen LogP contribution < -0.4 is 5.56 Å². The molecule has 0 aromatic carbocycles. The molecule has 8 nitrogen and oxygen atoms in total. The van der Waals surface area contributed by atoms with Gasteiger partial charge in [-0.2, -0.15) is 0 Å². The van der Waals surface area contributed by atoms with Crippen LogP contribution in [-0.4, -0.2) is 62.6 Å². The highest BCUT2D eigenvalue weighted by Gasteiger charge is 2.29. The first kappa shape index (κ1) is 18.3. The molecule has 0 radical (unpaired) electrons. The summed E-state index contributed by atoms with van der Waals surface area (Å²) in [5, 5.41) is 8.79. The normalized spacial score (nSPS) is 15.6. The number of likely N-dealkylation sites (tertiary alicyclic amines) is 1. The fourth-order valence-corrected chi connectivity index (χ4v) is 3.50. The van der Waals surface area contributed by atoms with Crippen LogP contribution in [0.4, 0.5) is 0 Å². The maximum Gasteiger partial charge on any atom is 0.260 e. The Kier molecular flexibility index (Phi) is 5.51. The molecule has 140 valence electrons. The molecule has 1 N–H and O–H groups in total. The first-order chi connectivity index (χ1) is 12.5. The monoisotopic (exact) mass is 358 g/mol. The van der Waals surface area contributed by atoms with E-state index in [0.29, 0.717) is 13.1 Å². The van der Waals surface area contributed by atoms with Crippen molar-refractivity contribution in [1.29, 1.82) is 0 Å². The van der Waals surface area contributed by atoms with Gasteiger partial charge < -0.3 is 19.4 Å². The van der Waals surface area contributed by atoms with Gasteiger partial charge in [0.05, 0.1) is 6.54 Å². The van der Waals surface area contributed by atoms with Gasteiger partial charge in [-0.25, -0.2) is 0 Å². The lowest BCUT2D eigenvalue weighted by Crippen LogP contribution is -2.40. The molecule has 8 heteroatoms. The van der Waals surface area contributed by atoms with Crippen molar-refractivity contribution in [2.45, 2.75) is 38.8 Å². The third-order valence-electron chi connectivity index (χ3n) is 4.83. The SMILES string of the molecule is CCn1c(CN(C)C)nnc1C1CCN(C(=O)c2ccc[nH]c2=O)CC1. The molecule has 0 saturated carbocycles. The number of piperidine rings is 1. The van der Waals surface area contributed by atoms with E-state index in [9.17, 15) is 9.59 Å². The number of rotatable bonds is 5. The van der Waals surface area contributed by atoms with Crippen LogP contribution in [0.5, 0.6) is 0 Å². The summed E-state index contributed by atoms with van der Waals surface area (Å²) in [6.45, 7) is 4.94. The molecule has 0 unspecified atom stereocenters. The second-order valence-electron chi connectivity index (χ2n) is 6.94. The highest BCUT2D eigenvalue weighted by molar-refractivity contribution is 5.93. The van der Waals surface area contributed by atoms with Crippen molar-refractivity contribution in [2.24, 2.45) is 0 Å². The summed E-state index contributed by atoms with van der Waals surface area (Å²) in [5.41, 5.74) is -0.130. The molecular weight excluding hydrogens is 332 g/mol. The van der Waals surface area contributed by atoms with Gasteiger partial charge in [-0.3, -0.25) is 9.59 Å². The maximum atomic E-state index is 12.6. The zero-order valence-corrected chi connectivity index (χ0v) is 15.6. The van der Waals surface area contributed by atoms with Crippen molar-refractivity contribution in [3.05, 3.63) is 45.9 Å². The zero-order valence-electron chi connectivity index (χ0n) is 15.6. The Balaban J connectivity index is 1.69. The lowest BCUT2D eigenvalue weighted by Gasteiger charge is -2.31. The van der Waals surface area contributed by atoms with Crippen LogP contribution >= 0.6 is 0 Å². The van der Waals surface area contributed by atoms with E-state index in [1.807, 2.05) is 14.1 Å². The predicted molar refractivity (Wildman–Crippen MR) is 98.0 cm³/mol. The standard InChI is InChI=1S/C18H26N6O2/c1-4-24-15(12-22(2)3)20-21-16(24)13-7-10-23(11-8-13)18(26)14-6-5-9-19-17(14)25/h5-6,9,13H,4,7-8,10-12H2,1-3H3,(H,19,25). The summed E-state index contributed by atoms with van der Waals surface area (Å²) in [7, 11) is 4.04. The van der Waals surface area contributed by atoms with Crippen molar-refractivity contribution in [1.82, 2.24) is 29.5 Å². The Morgan fingerprint density at radius 1 is 1.31 bits per heavy atom. The number of amides is 1. The summed E-state index contributed by atoms with van der Waals surface area (Å²) in [5.74, 6) is 2.07. The van der Waals surface area contributed by atoms with Crippen LogP contribution in [0.15, 0.2) is 23.1 Å². The number of aromatic nitrogens is 4. The topological polar surface area (TPSA) is 87.1 Å². The van der Waals surface area contributed by atoms with Gasteiger partial charge in [0.1, 0.15) is 17.2 Å². The number of pyridine rings is 1. The second-order valence-corrected chi connectivity index (χ2v) is 6.94. The summed E-state index contributed by atoms with van der Waals surface area (Å²) in [6, 6.07) is 3.26. The number of hydrogen-bond donors (Lipinski definition) is 1. The fourth-order valence-electron chi connectivity index (χ4n) is 3.50. The maximum absolute atomic E-state index is 12.6. The Morgan fingerprint density at radius 2 is 2.04 bits per heavy atom. The van der Waals surface area contributed by atoms with E-state index in [2.05, 4.69) is 31.6 Å². The number of hydrogen-bond acceptors (Lipinski definition) is 5. The molecule has 1 amide bonds. The molecule has 3 heterocycles. The van der Waals surface area contributed by atoms with Crippen LogP contribution in [0.1, 0.15) is 47.7 Å². The van der Waals surface area contributed by atoms with Gasteiger partial charge in [-0.1, -0.05) is 0 Å². The molecule has 3 rings (SSSR count). The third kappa shape index (κ3) is 3.70. The van der Waals surface area contributed by atoms with Gasteiger partial charge in [-0.15, -0.1) is 10.2 Å². The summed E-state index contributed by atoms with van der Waals surface area (Å²) < 4.78 is 2.18. The number of nitrogens with one attached hydrogen (secondary N) is 1. The predicted octanol–water partition coefficient (Wildman–Crippen LogP) is 1.07. The van der Waals surface area contributed by atoms with E-state index < -0.39 is 0 Å². The molecular formula is C18H26N6O2. The largest absolute Gasteiger partial charge is 0.338 e. The Labute approximate surface area is 152 Å². The summed E-state index contributed by atoms with van der Waals surface area (Å²) in [6.07, 6.45) is 3.20. The molecule has 0 bridgehead atoms. The third-order valence-corrected chi connectivity index (χ3v) is 4.83. The molecule has 26 heavy (non-hydrogen) atoms. The number of carbonyl (C=O) groups is 1. The summed E-state index contributed by atoms with van der Waals surface area (Å²) in [4.78, 5) is 30.8. The Hall–Kier alpha value is -2.48. The number of aromatic amines is 1. The van der Waals surface area contributed by atoms with E-state index in [4.69, 9.17) is 0 Å². The lowest BCUT2D eigenvalue weighted by atomic mass is 9.95. The van der Waals surface area contributed by atoms with Crippen molar-refractivity contribution in [3.8, 4) is 0 Å².